The fourth-order valence-corrected chi connectivity index (χ4v) is 2.21. The predicted octanol–water partition coefficient (Wildman–Crippen LogP) is 2.34. The van der Waals surface area contributed by atoms with Crippen LogP contribution in [0.3, 0.4) is 0 Å². The monoisotopic (exact) mass is 290 g/mol. The fourth-order valence-electron chi connectivity index (χ4n) is 2.21. The molecule has 0 radical (unpaired) electrons. The van der Waals surface area contributed by atoms with Crippen LogP contribution in [0.15, 0.2) is 79.4 Å². The smallest absolute Gasteiger partial charge is 0.264 e. The highest BCUT2D eigenvalue weighted by molar-refractivity contribution is 5.98. The van der Waals surface area contributed by atoms with E-state index in [4.69, 9.17) is 0 Å². The SMILES string of the molecule is O=C(N[n+]1cccc(Cc2ccccc2)c1)c1cccnc1. The summed E-state index contributed by atoms with van der Waals surface area (Å²) in [6.45, 7) is 0. The van der Waals surface area contributed by atoms with Crippen molar-refractivity contribution >= 4 is 5.91 Å². The van der Waals surface area contributed by atoms with Crippen LogP contribution in [-0.4, -0.2) is 10.9 Å². The highest BCUT2D eigenvalue weighted by Gasteiger charge is 2.11. The normalized spacial score (nSPS) is 10.2. The second-order valence-corrected chi connectivity index (χ2v) is 4.96. The maximum atomic E-state index is 12.1. The maximum Gasteiger partial charge on any atom is 0.306 e. The summed E-state index contributed by atoms with van der Waals surface area (Å²) < 4.78 is 1.67. The van der Waals surface area contributed by atoms with Crippen molar-refractivity contribution in [3.05, 3.63) is 96.1 Å². The van der Waals surface area contributed by atoms with Crippen molar-refractivity contribution in [1.82, 2.24) is 4.98 Å². The molecule has 22 heavy (non-hydrogen) atoms. The average Bonchev–Trinajstić information content (AvgIpc) is 2.57. The van der Waals surface area contributed by atoms with E-state index in [2.05, 4.69) is 22.5 Å². The molecule has 2 aromatic heterocycles. The second-order valence-electron chi connectivity index (χ2n) is 4.96. The minimum atomic E-state index is -0.185. The second kappa shape index (κ2) is 6.63. The van der Waals surface area contributed by atoms with Crippen molar-refractivity contribution in [3.8, 4) is 0 Å². The number of nitrogens with zero attached hydrogens (tertiary/aromatic N) is 2. The number of carbonyl (C=O) groups is 1. The van der Waals surface area contributed by atoms with E-state index in [1.54, 1.807) is 29.2 Å². The van der Waals surface area contributed by atoms with Crippen molar-refractivity contribution in [2.45, 2.75) is 6.42 Å². The Bertz CT molecular complexity index is 758. The molecule has 0 saturated heterocycles. The Morgan fingerprint density at radius 2 is 1.82 bits per heavy atom. The summed E-state index contributed by atoms with van der Waals surface area (Å²) >= 11 is 0. The van der Waals surface area contributed by atoms with Gasteiger partial charge in [0, 0.05) is 30.4 Å². The standard InChI is InChI=1S/C18H15N3O/c22-18(17-9-4-10-19-13-17)20-21-11-5-8-16(14-21)12-15-6-2-1-3-7-15/h1-11,13-14H,12H2/p+1. The molecule has 0 spiro atoms. The molecule has 0 aliphatic heterocycles. The molecule has 1 N–H and O–H groups in total. The number of pyridine rings is 2. The van der Waals surface area contributed by atoms with Crippen molar-refractivity contribution in [2.75, 3.05) is 5.43 Å². The average molecular weight is 290 g/mol. The predicted molar refractivity (Wildman–Crippen MR) is 83.8 cm³/mol. The molecule has 0 aliphatic rings. The van der Waals surface area contributed by atoms with Crippen molar-refractivity contribution in [1.29, 1.82) is 0 Å². The van der Waals surface area contributed by atoms with Gasteiger partial charge in [-0.25, -0.2) is 0 Å². The third-order valence-electron chi connectivity index (χ3n) is 3.27. The lowest BCUT2D eigenvalue weighted by atomic mass is 10.1. The van der Waals surface area contributed by atoms with Crippen LogP contribution in [0.2, 0.25) is 0 Å². The van der Waals surface area contributed by atoms with Crippen LogP contribution < -0.4 is 10.1 Å². The minimum Gasteiger partial charge on any atom is -0.264 e. The number of carbonyl (C=O) groups excluding carboxylic acids is 1. The lowest BCUT2D eigenvalue weighted by molar-refractivity contribution is -0.641. The summed E-state index contributed by atoms with van der Waals surface area (Å²) in [6.07, 6.45) is 7.74. The summed E-state index contributed by atoms with van der Waals surface area (Å²) in [5, 5.41) is 0. The molecular weight excluding hydrogens is 274 g/mol. The van der Waals surface area contributed by atoms with E-state index in [1.165, 1.54) is 5.56 Å². The molecule has 3 rings (SSSR count). The van der Waals surface area contributed by atoms with Gasteiger partial charge in [0.15, 0.2) is 6.20 Å². The molecule has 4 nitrogen and oxygen atoms in total. The number of rotatable bonds is 4. The third-order valence-corrected chi connectivity index (χ3v) is 3.27. The topological polar surface area (TPSA) is 45.9 Å². The fraction of sp³-hybridized carbons (Fsp3) is 0.0556. The van der Waals surface area contributed by atoms with E-state index in [0.29, 0.717) is 5.56 Å². The van der Waals surface area contributed by atoms with Crippen LogP contribution in [0.5, 0.6) is 0 Å². The Labute approximate surface area is 129 Å². The molecule has 0 atom stereocenters. The number of hydrogen-bond acceptors (Lipinski definition) is 2. The number of benzene rings is 1. The molecule has 0 aliphatic carbocycles. The summed E-state index contributed by atoms with van der Waals surface area (Å²) in [4.78, 5) is 16.1. The van der Waals surface area contributed by atoms with Gasteiger partial charge < -0.3 is 0 Å². The van der Waals surface area contributed by atoms with Gasteiger partial charge in [0.05, 0.1) is 5.56 Å². The van der Waals surface area contributed by atoms with E-state index < -0.39 is 0 Å². The van der Waals surface area contributed by atoms with E-state index in [-0.39, 0.29) is 5.91 Å². The zero-order chi connectivity index (χ0) is 15.2. The molecule has 0 bridgehead atoms. The molecule has 108 valence electrons. The Balaban J connectivity index is 1.73. The maximum absolute atomic E-state index is 12.1. The van der Waals surface area contributed by atoms with Crippen LogP contribution >= 0.6 is 0 Å². The van der Waals surface area contributed by atoms with Gasteiger partial charge in [0.25, 0.3) is 0 Å². The number of hydrogen-bond donors (Lipinski definition) is 1. The number of nitrogens with one attached hydrogen (secondary N) is 1. The van der Waals surface area contributed by atoms with Crippen molar-refractivity contribution < 1.29 is 9.47 Å². The van der Waals surface area contributed by atoms with Crippen LogP contribution in [0.25, 0.3) is 0 Å². The molecule has 2 heterocycles. The number of amides is 1. The lowest BCUT2D eigenvalue weighted by Crippen LogP contribution is -2.48. The van der Waals surface area contributed by atoms with Gasteiger partial charge in [-0.15, -0.1) is 5.43 Å². The van der Waals surface area contributed by atoms with E-state index in [0.717, 1.165) is 12.0 Å². The quantitative estimate of drug-likeness (QED) is 0.750. The Morgan fingerprint density at radius 1 is 1.00 bits per heavy atom. The van der Waals surface area contributed by atoms with E-state index >= 15 is 0 Å². The minimum absolute atomic E-state index is 0.185. The zero-order valence-corrected chi connectivity index (χ0v) is 12.0. The third kappa shape index (κ3) is 3.55. The van der Waals surface area contributed by atoms with Gasteiger partial charge >= 0.3 is 5.91 Å². The van der Waals surface area contributed by atoms with Gasteiger partial charge in [0.2, 0.25) is 6.20 Å². The van der Waals surface area contributed by atoms with Crippen LogP contribution in [0.1, 0.15) is 21.5 Å². The number of aromatic nitrogens is 2. The first-order chi connectivity index (χ1) is 10.8. The molecule has 0 fully saturated rings. The Kier molecular flexibility index (Phi) is 4.20. The first kappa shape index (κ1) is 13.9. The highest BCUT2D eigenvalue weighted by atomic mass is 16.2. The van der Waals surface area contributed by atoms with Crippen molar-refractivity contribution in [3.63, 3.8) is 0 Å². The lowest BCUT2D eigenvalue weighted by Gasteiger charge is -2.02. The molecule has 4 heteroatoms. The molecular formula is C18H16N3O+. The molecule has 1 aromatic carbocycles. The summed E-state index contributed by atoms with van der Waals surface area (Å²) in [6, 6.07) is 17.7. The van der Waals surface area contributed by atoms with Gasteiger partial charge in [-0.2, -0.15) is 0 Å². The van der Waals surface area contributed by atoms with Crippen LogP contribution in [0.4, 0.5) is 0 Å². The zero-order valence-electron chi connectivity index (χ0n) is 12.0. The van der Waals surface area contributed by atoms with Crippen molar-refractivity contribution in [2.24, 2.45) is 0 Å². The van der Waals surface area contributed by atoms with Crippen LogP contribution in [0, 0.1) is 0 Å². The molecule has 1 amide bonds. The van der Waals surface area contributed by atoms with Gasteiger partial charge in [-0.05, 0) is 23.8 Å². The molecule has 0 unspecified atom stereocenters. The summed E-state index contributed by atoms with van der Waals surface area (Å²) in [5.41, 5.74) is 5.71. The summed E-state index contributed by atoms with van der Waals surface area (Å²) in [7, 11) is 0. The highest BCUT2D eigenvalue weighted by Crippen LogP contribution is 2.06. The summed E-state index contributed by atoms with van der Waals surface area (Å²) in [5.74, 6) is -0.185. The van der Waals surface area contributed by atoms with E-state index in [9.17, 15) is 4.79 Å². The van der Waals surface area contributed by atoms with Crippen LogP contribution in [-0.2, 0) is 6.42 Å². The first-order valence-corrected chi connectivity index (χ1v) is 7.07. The van der Waals surface area contributed by atoms with E-state index in [1.807, 2.05) is 42.7 Å². The van der Waals surface area contributed by atoms with Gasteiger partial charge in [-0.3, -0.25) is 9.78 Å². The Morgan fingerprint density at radius 3 is 2.59 bits per heavy atom. The van der Waals surface area contributed by atoms with Gasteiger partial charge in [0.1, 0.15) is 0 Å². The van der Waals surface area contributed by atoms with Gasteiger partial charge in [-0.1, -0.05) is 35.0 Å². The molecule has 3 aromatic rings. The molecule has 0 saturated carbocycles. The largest absolute Gasteiger partial charge is 0.306 e. The Hall–Kier alpha value is -3.01. The first-order valence-electron chi connectivity index (χ1n) is 7.07.